The second kappa shape index (κ2) is 5.47. The van der Waals surface area contributed by atoms with E-state index in [0.29, 0.717) is 29.7 Å². The molecule has 2 aromatic rings. The van der Waals surface area contributed by atoms with E-state index in [-0.39, 0.29) is 17.0 Å². The molecule has 2 heterocycles. The largest absolute Gasteiger partial charge is 0.485 e. The molecule has 0 radical (unpaired) electrons. The Kier molecular flexibility index (Phi) is 3.52. The first-order valence-electron chi connectivity index (χ1n) is 8.85. The zero-order valence-electron chi connectivity index (χ0n) is 14.2. The summed E-state index contributed by atoms with van der Waals surface area (Å²) < 4.78 is 11.9. The molecular weight excluding hydrogens is 304 g/mol. The minimum atomic E-state index is -0.371. The first-order chi connectivity index (χ1) is 11.5. The van der Waals surface area contributed by atoms with Gasteiger partial charge in [0.05, 0.1) is 17.4 Å². The summed E-state index contributed by atoms with van der Waals surface area (Å²) in [4.78, 5) is 24.7. The maximum Gasteiger partial charge on any atom is 0.336 e. The number of hydrogen-bond donors (Lipinski definition) is 0. The molecule has 0 saturated heterocycles. The second-order valence-corrected chi connectivity index (χ2v) is 7.16. The zero-order chi connectivity index (χ0) is 16.9. The highest BCUT2D eigenvalue weighted by Gasteiger charge is 2.43. The number of Topliss-reactive ketones (excluding diaryl/α,β-unsaturated/α-hetero) is 1. The van der Waals surface area contributed by atoms with Gasteiger partial charge in [-0.15, -0.1) is 0 Å². The van der Waals surface area contributed by atoms with Crippen LogP contribution < -0.4 is 10.4 Å². The molecule has 4 nitrogen and oxygen atoms in total. The third-order valence-corrected chi connectivity index (χ3v) is 5.49. The van der Waals surface area contributed by atoms with Crippen LogP contribution in [-0.2, 0) is 6.42 Å². The number of benzene rings is 1. The van der Waals surface area contributed by atoms with Crippen molar-refractivity contribution < 1.29 is 13.9 Å². The Morgan fingerprint density at radius 3 is 2.58 bits per heavy atom. The van der Waals surface area contributed by atoms with Gasteiger partial charge in [0.1, 0.15) is 16.9 Å². The molecule has 1 aliphatic heterocycles. The van der Waals surface area contributed by atoms with Gasteiger partial charge in [-0.2, -0.15) is 0 Å². The van der Waals surface area contributed by atoms with Crippen molar-refractivity contribution in [1.82, 2.24) is 0 Å². The Morgan fingerprint density at radius 2 is 1.88 bits per heavy atom. The van der Waals surface area contributed by atoms with Crippen LogP contribution in [-0.4, -0.2) is 11.4 Å². The van der Waals surface area contributed by atoms with Crippen molar-refractivity contribution in [3.63, 3.8) is 0 Å². The molecule has 2 aliphatic rings. The number of ketones is 1. The molecule has 4 heteroatoms. The second-order valence-electron chi connectivity index (χ2n) is 7.16. The number of hydrogen-bond acceptors (Lipinski definition) is 4. The van der Waals surface area contributed by atoms with Crippen LogP contribution in [0.2, 0.25) is 0 Å². The van der Waals surface area contributed by atoms with E-state index in [4.69, 9.17) is 9.15 Å². The van der Waals surface area contributed by atoms with Gasteiger partial charge < -0.3 is 9.15 Å². The quantitative estimate of drug-likeness (QED) is 0.732. The van der Waals surface area contributed by atoms with Crippen molar-refractivity contribution in [2.75, 3.05) is 0 Å². The fourth-order valence-electron chi connectivity index (χ4n) is 4.33. The molecule has 0 unspecified atom stereocenters. The predicted octanol–water partition coefficient (Wildman–Crippen LogP) is 4.33. The minimum absolute atomic E-state index is 0.158. The SMILES string of the molecule is CCc1cc(=O)oc2cc(C)c3c(c12)OC1(CCCCC1)CC3=O. The maximum atomic E-state index is 12.9. The molecule has 1 aliphatic carbocycles. The molecule has 126 valence electrons. The van der Waals surface area contributed by atoms with Gasteiger partial charge >= 0.3 is 5.63 Å². The Labute approximate surface area is 140 Å². The van der Waals surface area contributed by atoms with E-state index in [1.807, 2.05) is 13.8 Å². The van der Waals surface area contributed by atoms with E-state index in [0.717, 1.165) is 42.2 Å². The zero-order valence-corrected chi connectivity index (χ0v) is 14.2. The molecule has 0 bridgehead atoms. The molecule has 24 heavy (non-hydrogen) atoms. The Balaban J connectivity index is 2.01. The molecule has 0 amide bonds. The summed E-state index contributed by atoms with van der Waals surface area (Å²) in [7, 11) is 0. The van der Waals surface area contributed by atoms with Crippen molar-refractivity contribution in [3.05, 3.63) is 39.2 Å². The first-order valence-corrected chi connectivity index (χ1v) is 8.85. The summed E-state index contributed by atoms with van der Waals surface area (Å²) >= 11 is 0. The molecule has 0 N–H and O–H groups in total. The highest BCUT2D eigenvalue weighted by molar-refractivity contribution is 6.07. The molecule has 1 aromatic carbocycles. The van der Waals surface area contributed by atoms with Gasteiger partial charge in [0.25, 0.3) is 0 Å². The minimum Gasteiger partial charge on any atom is -0.485 e. The molecule has 1 spiro atoms. The van der Waals surface area contributed by atoms with Gasteiger partial charge in [-0.1, -0.05) is 13.3 Å². The van der Waals surface area contributed by atoms with E-state index < -0.39 is 0 Å². The summed E-state index contributed by atoms with van der Waals surface area (Å²) in [6.45, 7) is 3.89. The van der Waals surface area contributed by atoms with Gasteiger partial charge in [-0.25, -0.2) is 4.79 Å². The first kappa shape index (κ1) is 15.4. The Hall–Kier alpha value is -2.10. The normalized spacial score (nSPS) is 19.3. The van der Waals surface area contributed by atoms with Crippen molar-refractivity contribution in [1.29, 1.82) is 0 Å². The van der Waals surface area contributed by atoms with Crippen LogP contribution in [0.1, 0.15) is 66.9 Å². The van der Waals surface area contributed by atoms with Crippen LogP contribution in [0.4, 0.5) is 0 Å². The fraction of sp³-hybridized carbons (Fsp3) is 0.500. The van der Waals surface area contributed by atoms with E-state index in [2.05, 4.69) is 0 Å². The summed E-state index contributed by atoms with van der Waals surface area (Å²) in [5.41, 5.74) is 2.18. The predicted molar refractivity (Wildman–Crippen MR) is 92.0 cm³/mol. The van der Waals surface area contributed by atoms with Crippen LogP contribution in [0.25, 0.3) is 11.0 Å². The smallest absolute Gasteiger partial charge is 0.336 e. The standard InChI is InChI=1S/C20H22O4/c1-3-13-10-16(22)23-15-9-12(2)17-14(21)11-20(7-5-4-6-8-20)24-19(17)18(13)15/h9-10H,3-8,11H2,1-2H3. The topological polar surface area (TPSA) is 56.5 Å². The molecule has 1 fully saturated rings. The molecule has 1 saturated carbocycles. The van der Waals surface area contributed by atoms with Crippen molar-refractivity contribution in [2.24, 2.45) is 0 Å². The molecule has 4 rings (SSSR count). The number of carbonyl (C=O) groups is 1. The van der Waals surface area contributed by atoms with Crippen LogP contribution in [0.15, 0.2) is 21.3 Å². The maximum absolute atomic E-state index is 12.9. The number of carbonyl (C=O) groups excluding carboxylic acids is 1. The lowest BCUT2D eigenvalue weighted by Gasteiger charge is -2.41. The van der Waals surface area contributed by atoms with Gasteiger partial charge in [0, 0.05) is 6.07 Å². The van der Waals surface area contributed by atoms with Crippen molar-refractivity contribution in [3.8, 4) is 5.75 Å². The van der Waals surface area contributed by atoms with E-state index in [1.165, 1.54) is 12.5 Å². The van der Waals surface area contributed by atoms with Crippen molar-refractivity contribution >= 4 is 16.8 Å². The monoisotopic (exact) mass is 326 g/mol. The van der Waals surface area contributed by atoms with Crippen LogP contribution in [0.5, 0.6) is 5.75 Å². The average molecular weight is 326 g/mol. The Morgan fingerprint density at radius 1 is 1.12 bits per heavy atom. The summed E-state index contributed by atoms with van der Waals surface area (Å²) in [5, 5.41) is 0.802. The van der Waals surface area contributed by atoms with E-state index >= 15 is 0 Å². The summed E-state index contributed by atoms with van der Waals surface area (Å²) in [5.74, 6) is 0.801. The van der Waals surface area contributed by atoms with Gasteiger partial charge in [0.2, 0.25) is 0 Å². The average Bonchev–Trinajstić information content (AvgIpc) is 2.53. The Bertz CT molecular complexity index is 885. The van der Waals surface area contributed by atoms with Crippen LogP contribution >= 0.6 is 0 Å². The fourth-order valence-corrected chi connectivity index (χ4v) is 4.33. The summed E-state index contributed by atoms with van der Waals surface area (Å²) in [6.07, 6.45) is 6.41. The number of ether oxygens (including phenoxy) is 1. The van der Waals surface area contributed by atoms with E-state index in [9.17, 15) is 9.59 Å². The molecule has 0 atom stereocenters. The number of aryl methyl sites for hydroxylation is 2. The summed E-state index contributed by atoms with van der Waals surface area (Å²) in [6, 6.07) is 3.32. The highest BCUT2D eigenvalue weighted by Crippen LogP contribution is 2.46. The van der Waals surface area contributed by atoms with E-state index in [1.54, 1.807) is 6.07 Å². The van der Waals surface area contributed by atoms with Gasteiger partial charge in [-0.05, 0) is 56.2 Å². The third kappa shape index (κ3) is 2.27. The molecule has 1 aromatic heterocycles. The van der Waals surface area contributed by atoms with Crippen molar-refractivity contribution in [2.45, 2.75) is 64.4 Å². The lowest BCUT2D eigenvalue weighted by atomic mass is 9.77. The lowest BCUT2D eigenvalue weighted by molar-refractivity contribution is 0.0147. The molecular formula is C20H22O4. The highest BCUT2D eigenvalue weighted by atomic mass is 16.5. The van der Waals surface area contributed by atoms with Crippen LogP contribution in [0.3, 0.4) is 0 Å². The van der Waals surface area contributed by atoms with Crippen LogP contribution in [0, 0.1) is 6.92 Å². The van der Waals surface area contributed by atoms with Gasteiger partial charge in [0.15, 0.2) is 5.78 Å². The van der Waals surface area contributed by atoms with Gasteiger partial charge in [-0.3, -0.25) is 4.79 Å². The third-order valence-electron chi connectivity index (χ3n) is 5.49. The number of fused-ring (bicyclic) bond motifs is 3. The number of rotatable bonds is 1. The lowest BCUT2D eigenvalue weighted by Crippen LogP contribution is -2.44.